The Bertz CT molecular complexity index is 3230. The summed E-state index contributed by atoms with van der Waals surface area (Å²) in [6, 6.07) is 62.8. The van der Waals surface area contributed by atoms with Crippen LogP contribution in [0.5, 0.6) is 0 Å². The average molecular weight is 707 g/mol. The minimum Gasteiger partial charge on any atom is -0.436 e. The molecule has 0 fully saturated rings. The largest absolute Gasteiger partial charge is 0.436 e. The van der Waals surface area contributed by atoms with Gasteiger partial charge in [-0.1, -0.05) is 152 Å². The van der Waals surface area contributed by atoms with Crippen molar-refractivity contribution in [1.82, 2.24) is 9.97 Å². The number of thiophene rings is 1. The van der Waals surface area contributed by atoms with E-state index in [9.17, 15) is 0 Å². The summed E-state index contributed by atoms with van der Waals surface area (Å²) in [5.41, 5.74) is 13.6. The Balaban J connectivity index is 0.972. The Morgan fingerprint density at radius 1 is 0.426 bits per heavy atom. The fraction of sp³-hybridized carbons (Fsp3) is 0. The molecule has 0 atom stereocenters. The molecule has 0 radical (unpaired) electrons. The van der Waals surface area contributed by atoms with Crippen molar-refractivity contribution in [2.45, 2.75) is 0 Å². The molecule has 3 aromatic heterocycles. The minimum absolute atomic E-state index is 0.551. The van der Waals surface area contributed by atoms with Crippen molar-refractivity contribution >= 4 is 64.5 Å². The van der Waals surface area contributed by atoms with E-state index in [1.165, 1.54) is 53.6 Å². The van der Waals surface area contributed by atoms with E-state index in [-0.39, 0.29) is 0 Å². The first-order valence-electron chi connectivity index (χ1n) is 18.1. The molecule has 0 N–H and O–H groups in total. The Labute approximate surface area is 315 Å². The third-order valence-electron chi connectivity index (χ3n) is 10.5. The lowest BCUT2D eigenvalue weighted by Gasteiger charge is -2.09. The topological polar surface area (TPSA) is 38.9 Å². The summed E-state index contributed by atoms with van der Waals surface area (Å²) in [6.07, 6.45) is 1.86. The maximum absolute atomic E-state index is 6.24. The molecule has 4 heteroatoms. The van der Waals surface area contributed by atoms with Crippen molar-refractivity contribution < 1.29 is 4.42 Å². The summed E-state index contributed by atoms with van der Waals surface area (Å²) < 4.78 is 8.85. The maximum atomic E-state index is 6.24. The molecule has 11 rings (SSSR count). The van der Waals surface area contributed by atoms with Crippen LogP contribution in [0.15, 0.2) is 187 Å². The van der Waals surface area contributed by atoms with Gasteiger partial charge in [0.25, 0.3) is 0 Å². The fourth-order valence-corrected chi connectivity index (χ4v) is 9.31. The third-order valence-corrected chi connectivity index (χ3v) is 11.8. The Morgan fingerprint density at radius 3 is 1.67 bits per heavy atom. The first kappa shape index (κ1) is 30.7. The SMILES string of the molecule is c1ccc(-c2cccc(-c3cccc4c3sc3c(-c5cccc(-c6cccc(-c7cnc8c(n7)oc7ccc9ccccc9c78)c6)c5)cccc34)c2)cc1. The fourth-order valence-electron chi connectivity index (χ4n) is 7.93. The van der Waals surface area contributed by atoms with Gasteiger partial charge in [-0.15, -0.1) is 11.3 Å². The highest BCUT2D eigenvalue weighted by molar-refractivity contribution is 7.26. The summed E-state index contributed by atoms with van der Waals surface area (Å²) in [4.78, 5) is 9.85. The van der Waals surface area contributed by atoms with Crippen LogP contribution in [0, 0.1) is 0 Å². The second-order valence-electron chi connectivity index (χ2n) is 13.7. The summed E-state index contributed by atoms with van der Waals surface area (Å²) in [6.45, 7) is 0. The zero-order valence-electron chi connectivity index (χ0n) is 29.0. The van der Waals surface area contributed by atoms with Crippen LogP contribution in [0.1, 0.15) is 0 Å². The molecule has 8 aromatic carbocycles. The summed E-state index contributed by atoms with van der Waals surface area (Å²) >= 11 is 1.89. The van der Waals surface area contributed by atoms with Crippen molar-refractivity contribution in [2.75, 3.05) is 0 Å². The van der Waals surface area contributed by atoms with Gasteiger partial charge >= 0.3 is 0 Å². The molecule has 0 aliphatic heterocycles. The molecule has 0 amide bonds. The molecule has 252 valence electrons. The monoisotopic (exact) mass is 706 g/mol. The predicted molar refractivity (Wildman–Crippen MR) is 227 cm³/mol. The van der Waals surface area contributed by atoms with Crippen LogP contribution in [0.4, 0.5) is 0 Å². The maximum Gasteiger partial charge on any atom is 0.246 e. The Kier molecular flexibility index (Phi) is 7.04. The highest BCUT2D eigenvalue weighted by Crippen LogP contribution is 2.45. The number of benzene rings is 8. The molecule has 3 nitrogen and oxygen atoms in total. The highest BCUT2D eigenvalue weighted by Gasteiger charge is 2.17. The number of fused-ring (bicyclic) bond motifs is 8. The molecule has 0 aliphatic rings. The van der Waals surface area contributed by atoms with Gasteiger partial charge in [0, 0.05) is 25.7 Å². The summed E-state index contributed by atoms with van der Waals surface area (Å²) in [7, 11) is 0. The van der Waals surface area contributed by atoms with Gasteiger partial charge < -0.3 is 4.42 Å². The predicted octanol–water partition coefficient (Wildman–Crippen LogP) is 14.2. The lowest BCUT2D eigenvalue weighted by atomic mass is 9.96. The smallest absolute Gasteiger partial charge is 0.246 e. The van der Waals surface area contributed by atoms with E-state index in [0.717, 1.165) is 49.6 Å². The van der Waals surface area contributed by atoms with Crippen molar-refractivity contribution in [3.63, 3.8) is 0 Å². The Morgan fingerprint density at radius 2 is 0.963 bits per heavy atom. The molecule has 0 unspecified atom stereocenters. The van der Waals surface area contributed by atoms with Crippen molar-refractivity contribution in [1.29, 1.82) is 0 Å². The van der Waals surface area contributed by atoms with Crippen LogP contribution in [0.25, 0.3) is 109 Å². The summed E-state index contributed by atoms with van der Waals surface area (Å²) in [5, 5.41) is 5.87. The Hall–Kier alpha value is -6.88. The second-order valence-corrected chi connectivity index (χ2v) is 14.8. The van der Waals surface area contributed by atoms with Gasteiger partial charge in [0.15, 0.2) is 0 Å². The van der Waals surface area contributed by atoms with Gasteiger partial charge in [-0.05, 0) is 79.5 Å². The van der Waals surface area contributed by atoms with E-state index < -0.39 is 0 Å². The molecular formula is C50H30N2OS. The second kappa shape index (κ2) is 12.4. The molecule has 3 heterocycles. The molecule has 54 heavy (non-hydrogen) atoms. The van der Waals surface area contributed by atoms with Gasteiger partial charge in [0.2, 0.25) is 5.71 Å². The quantitative estimate of drug-likeness (QED) is 0.179. The van der Waals surface area contributed by atoms with Crippen LogP contribution < -0.4 is 0 Å². The van der Waals surface area contributed by atoms with E-state index in [0.29, 0.717) is 5.71 Å². The number of aromatic nitrogens is 2. The van der Waals surface area contributed by atoms with Crippen molar-refractivity contribution in [2.24, 2.45) is 0 Å². The van der Waals surface area contributed by atoms with Crippen LogP contribution in [-0.2, 0) is 0 Å². The van der Waals surface area contributed by atoms with Crippen LogP contribution >= 0.6 is 11.3 Å². The van der Waals surface area contributed by atoms with E-state index in [2.05, 4.69) is 170 Å². The van der Waals surface area contributed by atoms with Gasteiger partial charge in [0.05, 0.1) is 17.3 Å². The third kappa shape index (κ3) is 5.03. The molecule has 0 bridgehead atoms. The van der Waals surface area contributed by atoms with Crippen molar-refractivity contribution in [3.05, 3.63) is 182 Å². The van der Waals surface area contributed by atoms with Crippen LogP contribution in [0.2, 0.25) is 0 Å². The molecule has 0 saturated heterocycles. The lowest BCUT2D eigenvalue weighted by Crippen LogP contribution is -1.88. The van der Waals surface area contributed by atoms with E-state index >= 15 is 0 Å². The first-order valence-corrected chi connectivity index (χ1v) is 19.0. The van der Waals surface area contributed by atoms with Gasteiger partial charge in [-0.3, -0.25) is 0 Å². The zero-order valence-corrected chi connectivity index (χ0v) is 29.8. The van der Waals surface area contributed by atoms with Gasteiger partial charge in [-0.25, -0.2) is 9.97 Å². The molecular weight excluding hydrogens is 677 g/mol. The summed E-state index contributed by atoms with van der Waals surface area (Å²) in [5.74, 6) is 0. The minimum atomic E-state index is 0.551. The van der Waals surface area contributed by atoms with Crippen molar-refractivity contribution in [3.8, 4) is 55.8 Å². The van der Waals surface area contributed by atoms with E-state index in [1.54, 1.807) is 0 Å². The number of rotatable bonds is 5. The molecule has 0 spiro atoms. The molecule has 0 aliphatic carbocycles. The molecule has 0 saturated carbocycles. The van der Waals surface area contributed by atoms with Crippen LogP contribution in [-0.4, -0.2) is 9.97 Å². The van der Waals surface area contributed by atoms with E-state index in [4.69, 9.17) is 14.4 Å². The average Bonchev–Trinajstić information content (AvgIpc) is 3.83. The van der Waals surface area contributed by atoms with E-state index in [1.807, 2.05) is 23.6 Å². The number of hydrogen-bond donors (Lipinski definition) is 0. The number of nitrogens with zero attached hydrogens (tertiary/aromatic N) is 2. The highest BCUT2D eigenvalue weighted by atomic mass is 32.1. The van der Waals surface area contributed by atoms with Crippen LogP contribution in [0.3, 0.4) is 0 Å². The first-order chi connectivity index (χ1) is 26.7. The van der Waals surface area contributed by atoms with Gasteiger partial charge in [-0.2, -0.15) is 0 Å². The lowest BCUT2D eigenvalue weighted by molar-refractivity contribution is 0.654. The number of furan rings is 1. The number of hydrogen-bond acceptors (Lipinski definition) is 4. The molecule has 11 aromatic rings. The normalized spacial score (nSPS) is 11.7. The van der Waals surface area contributed by atoms with Gasteiger partial charge in [0.1, 0.15) is 11.1 Å². The zero-order chi connectivity index (χ0) is 35.6. The standard InChI is InChI=1S/C50H30N2OS/c1-2-11-31(12-3-1)33-14-6-17-36(27-33)40-21-9-23-42-43-24-10-22-41(49(43)54-48(40)42)37-18-7-15-34(28-37)35-16-8-19-38(29-35)44-30-51-47-46-39-20-5-4-13-32(39)25-26-45(46)53-50(47)52-44/h1-30H.